The fraction of sp³-hybridized carbons (Fsp3) is 0.579. The number of carbonyl (C=O) groups excluding carboxylic acids is 2. The zero-order valence-electron chi connectivity index (χ0n) is 14.9. The van der Waals surface area contributed by atoms with Crippen molar-refractivity contribution in [1.29, 1.82) is 0 Å². The highest BCUT2D eigenvalue weighted by Gasteiger charge is 2.48. The summed E-state index contributed by atoms with van der Waals surface area (Å²) in [6.07, 6.45) is 0.690. The molecule has 0 saturated carbocycles. The monoisotopic (exact) mass is 346 g/mol. The number of benzene rings is 1. The van der Waals surface area contributed by atoms with E-state index >= 15 is 0 Å². The van der Waals surface area contributed by atoms with Crippen LogP contribution in [0.1, 0.15) is 32.3 Å². The van der Waals surface area contributed by atoms with E-state index in [1.807, 2.05) is 30.3 Å². The molecule has 25 heavy (non-hydrogen) atoms. The van der Waals surface area contributed by atoms with E-state index < -0.39 is 11.7 Å². The Morgan fingerprint density at radius 3 is 2.40 bits per heavy atom. The van der Waals surface area contributed by atoms with Gasteiger partial charge in [-0.15, -0.1) is 0 Å². The summed E-state index contributed by atoms with van der Waals surface area (Å²) in [5.74, 6) is -0.267. The molecule has 6 heteroatoms. The molecular formula is C19H26N2O4. The van der Waals surface area contributed by atoms with Crippen molar-refractivity contribution in [1.82, 2.24) is 9.80 Å². The van der Waals surface area contributed by atoms with Crippen molar-refractivity contribution in [3.8, 4) is 0 Å². The van der Waals surface area contributed by atoms with Gasteiger partial charge in [0.15, 0.2) is 5.60 Å². The quantitative estimate of drug-likeness (QED) is 0.909. The molecule has 1 N–H and O–H groups in total. The third kappa shape index (κ3) is 3.95. The Morgan fingerprint density at radius 2 is 1.76 bits per heavy atom. The number of hydrogen-bond donors (Lipinski definition) is 1. The Hall–Kier alpha value is -2.08. The molecule has 1 aromatic rings. The van der Waals surface area contributed by atoms with Gasteiger partial charge in [0, 0.05) is 26.1 Å². The van der Waals surface area contributed by atoms with E-state index in [0.717, 1.165) is 12.0 Å². The maximum absolute atomic E-state index is 12.7. The molecule has 0 bridgehead atoms. The van der Waals surface area contributed by atoms with Gasteiger partial charge in [0.05, 0.1) is 6.54 Å². The molecule has 0 spiro atoms. The summed E-state index contributed by atoms with van der Waals surface area (Å²) in [6.45, 7) is 6.05. The van der Waals surface area contributed by atoms with Gasteiger partial charge >= 0.3 is 6.09 Å². The van der Waals surface area contributed by atoms with Gasteiger partial charge in [0.25, 0.3) is 5.91 Å². The number of amides is 2. The van der Waals surface area contributed by atoms with Gasteiger partial charge in [-0.2, -0.15) is 0 Å². The Kier molecular flexibility index (Phi) is 4.73. The van der Waals surface area contributed by atoms with E-state index in [9.17, 15) is 14.7 Å². The first-order valence-corrected chi connectivity index (χ1v) is 8.77. The summed E-state index contributed by atoms with van der Waals surface area (Å²) < 4.78 is 5.29. The number of carbonyl (C=O) groups is 2. The molecule has 2 aliphatic heterocycles. The van der Waals surface area contributed by atoms with E-state index in [1.54, 1.807) is 4.90 Å². The van der Waals surface area contributed by atoms with Gasteiger partial charge in [0.2, 0.25) is 0 Å². The van der Waals surface area contributed by atoms with Gasteiger partial charge in [0.1, 0.15) is 6.61 Å². The topological polar surface area (TPSA) is 70.1 Å². The maximum atomic E-state index is 12.7. The first kappa shape index (κ1) is 17.7. The minimum atomic E-state index is -1.49. The van der Waals surface area contributed by atoms with Crippen molar-refractivity contribution in [2.45, 2.75) is 38.9 Å². The highest BCUT2D eigenvalue weighted by atomic mass is 16.6. The van der Waals surface area contributed by atoms with Gasteiger partial charge in [-0.25, -0.2) is 4.79 Å². The number of rotatable bonds is 3. The molecule has 1 unspecified atom stereocenters. The highest BCUT2D eigenvalue weighted by Crippen LogP contribution is 2.32. The summed E-state index contributed by atoms with van der Waals surface area (Å²) in [4.78, 5) is 28.1. The van der Waals surface area contributed by atoms with Crippen LogP contribution in [0.15, 0.2) is 30.3 Å². The Labute approximate surface area is 148 Å². The van der Waals surface area contributed by atoms with Crippen LogP contribution in [0, 0.1) is 5.41 Å². The van der Waals surface area contributed by atoms with E-state index in [4.69, 9.17) is 4.74 Å². The molecule has 2 fully saturated rings. The number of β-amino-alcohol motifs (C(OH)–C–C–N with tert-alkyl or cyclic N) is 1. The van der Waals surface area contributed by atoms with E-state index in [2.05, 4.69) is 13.8 Å². The van der Waals surface area contributed by atoms with Crippen LogP contribution in [0.4, 0.5) is 4.79 Å². The van der Waals surface area contributed by atoms with Crippen molar-refractivity contribution in [2.24, 2.45) is 5.41 Å². The van der Waals surface area contributed by atoms with Crippen LogP contribution < -0.4 is 0 Å². The smallest absolute Gasteiger partial charge is 0.410 e. The molecule has 1 aromatic carbocycles. The van der Waals surface area contributed by atoms with E-state index in [-0.39, 0.29) is 30.9 Å². The van der Waals surface area contributed by atoms with Crippen LogP contribution in [0.25, 0.3) is 0 Å². The second-order valence-electron chi connectivity index (χ2n) is 7.88. The SMILES string of the molecule is CC1(C)CCN(C(=O)C2(O)CCN(C(=O)OCc3ccccc3)C2)C1. The number of likely N-dealkylation sites (tertiary alicyclic amines) is 2. The molecule has 2 amide bonds. The van der Waals surface area contributed by atoms with Crippen LogP contribution in [-0.2, 0) is 16.1 Å². The molecule has 2 saturated heterocycles. The lowest BCUT2D eigenvalue weighted by atomic mass is 9.93. The normalized spacial score (nSPS) is 25.2. The van der Waals surface area contributed by atoms with Gasteiger partial charge in [-0.3, -0.25) is 4.79 Å². The summed E-state index contributed by atoms with van der Waals surface area (Å²) in [5, 5.41) is 10.8. The first-order valence-electron chi connectivity index (χ1n) is 8.77. The zero-order valence-corrected chi connectivity index (χ0v) is 14.9. The van der Waals surface area contributed by atoms with Gasteiger partial charge < -0.3 is 19.6 Å². The predicted molar refractivity (Wildman–Crippen MR) is 92.7 cm³/mol. The second kappa shape index (κ2) is 6.67. The van der Waals surface area contributed by atoms with Crippen molar-refractivity contribution < 1.29 is 19.4 Å². The Bertz CT molecular complexity index is 646. The maximum Gasteiger partial charge on any atom is 0.410 e. The minimum absolute atomic E-state index is 0.00359. The molecule has 1 atom stereocenters. The summed E-state index contributed by atoms with van der Waals surface area (Å²) in [6, 6.07) is 9.43. The van der Waals surface area contributed by atoms with Crippen molar-refractivity contribution in [3.63, 3.8) is 0 Å². The Balaban J connectivity index is 1.55. The van der Waals surface area contributed by atoms with Crippen molar-refractivity contribution in [2.75, 3.05) is 26.2 Å². The molecule has 136 valence electrons. The molecule has 2 aliphatic rings. The summed E-state index contributed by atoms with van der Waals surface area (Å²) in [5.41, 5.74) is -0.508. The molecule has 0 aliphatic carbocycles. The third-order valence-corrected chi connectivity index (χ3v) is 5.07. The third-order valence-electron chi connectivity index (χ3n) is 5.07. The zero-order chi connectivity index (χ0) is 18.1. The van der Waals surface area contributed by atoms with Crippen LogP contribution in [0.2, 0.25) is 0 Å². The lowest BCUT2D eigenvalue weighted by Gasteiger charge is -2.28. The number of hydrogen-bond acceptors (Lipinski definition) is 4. The molecule has 0 radical (unpaired) electrons. The molecule has 0 aromatic heterocycles. The number of ether oxygens (including phenoxy) is 1. The molecule has 2 heterocycles. The largest absolute Gasteiger partial charge is 0.445 e. The number of aliphatic hydroxyl groups is 1. The molecule has 6 nitrogen and oxygen atoms in total. The summed E-state index contributed by atoms with van der Waals surface area (Å²) in [7, 11) is 0. The summed E-state index contributed by atoms with van der Waals surface area (Å²) >= 11 is 0. The first-order chi connectivity index (χ1) is 11.8. The predicted octanol–water partition coefficient (Wildman–Crippen LogP) is 2.02. The van der Waals surface area contributed by atoms with Crippen molar-refractivity contribution in [3.05, 3.63) is 35.9 Å². The Morgan fingerprint density at radius 1 is 1.08 bits per heavy atom. The van der Waals surface area contributed by atoms with Crippen LogP contribution in [0.5, 0.6) is 0 Å². The molecular weight excluding hydrogens is 320 g/mol. The molecule has 3 rings (SSSR count). The van der Waals surface area contributed by atoms with Crippen LogP contribution in [0.3, 0.4) is 0 Å². The second-order valence-corrected chi connectivity index (χ2v) is 7.88. The fourth-order valence-corrected chi connectivity index (χ4v) is 3.51. The standard InChI is InChI=1S/C19H26N2O4/c1-18(2)8-10-20(13-18)16(22)19(24)9-11-21(14-19)17(23)25-12-15-6-4-3-5-7-15/h3-7,24H,8-14H2,1-2H3. The fourth-order valence-electron chi connectivity index (χ4n) is 3.51. The van der Waals surface area contributed by atoms with Gasteiger partial charge in [-0.1, -0.05) is 44.2 Å². The van der Waals surface area contributed by atoms with Crippen molar-refractivity contribution >= 4 is 12.0 Å². The van der Waals surface area contributed by atoms with Gasteiger partial charge in [-0.05, 0) is 17.4 Å². The van der Waals surface area contributed by atoms with E-state index in [1.165, 1.54) is 4.90 Å². The highest BCUT2D eigenvalue weighted by molar-refractivity contribution is 5.87. The average Bonchev–Trinajstić information content (AvgIpc) is 3.16. The van der Waals surface area contributed by atoms with Crippen LogP contribution >= 0.6 is 0 Å². The number of nitrogens with zero attached hydrogens (tertiary/aromatic N) is 2. The van der Waals surface area contributed by atoms with E-state index in [0.29, 0.717) is 19.6 Å². The average molecular weight is 346 g/mol. The van der Waals surface area contributed by atoms with Crippen LogP contribution in [-0.4, -0.2) is 58.7 Å². The lowest BCUT2D eigenvalue weighted by molar-refractivity contribution is -0.149. The lowest BCUT2D eigenvalue weighted by Crippen LogP contribution is -2.50. The minimum Gasteiger partial charge on any atom is -0.445 e.